The Morgan fingerprint density at radius 2 is 1.79 bits per heavy atom. The van der Waals surface area contributed by atoms with E-state index in [1.807, 2.05) is 13.0 Å². The van der Waals surface area contributed by atoms with Gasteiger partial charge in [0.1, 0.15) is 5.75 Å². The van der Waals surface area contributed by atoms with Crippen LogP contribution in [0.1, 0.15) is 30.9 Å². The molecule has 0 aliphatic heterocycles. The second-order valence-electron chi connectivity index (χ2n) is 7.75. The van der Waals surface area contributed by atoms with Gasteiger partial charge in [-0.2, -0.15) is 0 Å². The number of carbonyl (C=O) groups excluding carboxylic acids is 2. The number of benzene rings is 2. The number of carbonyl (C=O) groups is 2. The van der Waals surface area contributed by atoms with Gasteiger partial charge in [-0.05, 0) is 68.7 Å². The minimum atomic E-state index is -3.65. The average molecular weight is 497 g/mol. The van der Waals surface area contributed by atoms with Gasteiger partial charge in [0.25, 0.3) is 5.91 Å². The Morgan fingerprint density at radius 3 is 2.42 bits per heavy atom. The number of aryl methyl sites for hydroxylation is 2. The van der Waals surface area contributed by atoms with Gasteiger partial charge >= 0.3 is 5.97 Å². The van der Waals surface area contributed by atoms with Crippen LogP contribution in [0, 0.1) is 13.8 Å². The van der Waals surface area contributed by atoms with Crippen molar-refractivity contribution in [3.8, 4) is 5.75 Å². The van der Waals surface area contributed by atoms with Crippen LogP contribution in [0.2, 0.25) is 5.02 Å². The molecule has 0 saturated heterocycles. The largest absolute Gasteiger partial charge is 0.494 e. The van der Waals surface area contributed by atoms with Gasteiger partial charge < -0.3 is 14.8 Å². The van der Waals surface area contributed by atoms with Crippen molar-refractivity contribution in [2.75, 3.05) is 26.0 Å². The molecule has 0 heterocycles. The van der Waals surface area contributed by atoms with Gasteiger partial charge in [-0.15, -0.1) is 0 Å². The SMILES string of the molecule is Cc1cc(OCCCC(=O)OC(C)C(=O)Nc2cc(S(=O)(=O)N(C)C)ccc2C)ccc1Cl. The summed E-state index contributed by atoms with van der Waals surface area (Å²) in [7, 11) is -0.796. The molecule has 10 heteroatoms. The molecule has 0 spiro atoms. The highest BCUT2D eigenvalue weighted by Gasteiger charge is 2.21. The second kappa shape index (κ2) is 11.5. The Kier molecular flexibility index (Phi) is 9.27. The standard InChI is InChI=1S/C23H29ClN2O6S/c1-15-8-10-19(33(29,30)26(4)5)14-21(15)25-23(28)17(3)32-22(27)7-6-12-31-18-9-11-20(24)16(2)13-18/h8-11,13-14,17H,6-7,12H2,1-5H3,(H,25,28). The van der Waals surface area contributed by atoms with Crippen LogP contribution in [-0.2, 0) is 24.3 Å². The molecule has 1 N–H and O–H groups in total. The van der Waals surface area contributed by atoms with Crippen molar-refractivity contribution in [3.05, 3.63) is 52.5 Å². The van der Waals surface area contributed by atoms with Crippen molar-refractivity contribution in [2.24, 2.45) is 0 Å². The topological polar surface area (TPSA) is 102 Å². The molecule has 2 rings (SSSR count). The van der Waals surface area contributed by atoms with Gasteiger partial charge in [0.15, 0.2) is 6.10 Å². The molecule has 1 amide bonds. The van der Waals surface area contributed by atoms with Gasteiger partial charge in [-0.25, -0.2) is 12.7 Å². The first kappa shape index (κ1) is 26.6. The van der Waals surface area contributed by atoms with E-state index in [9.17, 15) is 18.0 Å². The zero-order chi connectivity index (χ0) is 24.8. The molecule has 180 valence electrons. The van der Waals surface area contributed by atoms with E-state index in [1.165, 1.54) is 33.2 Å². The highest BCUT2D eigenvalue weighted by molar-refractivity contribution is 7.89. The number of hydrogen-bond acceptors (Lipinski definition) is 6. The van der Waals surface area contributed by atoms with E-state index in [0.717, 1.165) is 9.87 Å². The van der Waals surface area contributed by atoms with E-state index >= 15 is 0 Å². The van der Waals surface area contributed by atoms with Crippen LogP contribution in [-0.4, -0.2) is 51.4 Å². The van der Waals surface area contributed by atoms with Crippen LogP contribution in [0.5, 0.6) is 5.75 Å². The zero-order valence-electron chi connectivity index (χ0n) is 19.3. The van der Waals surface area contributed by atoms with Crippen molar-refractivity contribution in [1.82, 2.24) is 4.31 Å². The van der Waals surface area contributed by atoms with Crippen molar-refractivity contribution in [2.45, 2.75) is 44.6 Å². The minimum Gasteiger partial charge on any atom is -0.494 e. The lowest BCUT2D eigenvalue weighted by atomic mass is 10.2. The molecule has 0 bridgehead atoms. The quantitative estimate of drug-likeness (QED) is 0.395. The third-order valence-electron chi connectivity index (χ3n) is 4.85. The molecule has 8 nitrogen and oxygen atoms in total. The predicted molar refractivity (Wildman–Crippen MR) is 127 cm³/mol. The lowest BCUT2D eigenvalue weighted by molar-refractivity contribution is -0.153. The Bertz CT molecular complexity index is 1120. The Balaban J connectivity index is 1.86. The minimum absolute atomic E-state index is 0.0499. The van der Waals surface area contributed by atoms with Crippen LogP contribution >= 0.6 is 11.6 Å². The molecule has 0 aromatic heterocycles. The fraction of sp³-hybridized carbons (Fsp3) is 0.391. The molecule has 2 aromatic carbocycles. The number of rotatable bonds is 10. The smallest absolute Gasteiger partial charge is 0.306 e. The van der Waals surface area contributed by atoms with Gasteiger partial charge in [-0.3, -0.25) is 9.59 Å². The molecule has 1 unspecified atom stereocenters. The predicted octanol–water partition coefficient (Wildman–Crippen LogP) is 3.94. The number of esters is 1. The monoisotopic (exact) mass is 496 g/mol. The van der Waals surface area contributed by atoms with Gasteiger partial charge in [0, 0.05) is 31.2 Å². The first-order valence-electron chi connectivity index (χ1n) is 10.3. The Morgan fingerprint density at radius 1 is 1.09 bits per heavy atom. The number of hydrogen-bond donors (Lipinski definition) is 1. The van der Waals surface area contributed by atoms with E-state index in [0.29, 0.717) is 35.1 Å². The number of sulfonamides is 1. The van der Waals surface area contributed by atoms with Gasteiger partial charge in [0.2, 0.25) is 10.0 Å². The van der Waals surface area contributed by atoms with Crippen LogP contribution < -0.4 is 10.1 Å². The van der Waals surface area contributed by atoms with Crippen LogP contribution in [0.15, 0.2) is 41.3 Å². The number of nitrogens with zero attached hydrogens (tertiary/aromatic N) is 1. The molecule has 0 fully saturated rings. The fourth-order valence-corrected chi connectivity index (χ4v) is 3.81. The van der Waals surface area contributed by atoms with Gasteiger partial charge in [-0.1, -0.05) is 17.7 Å². The zero-order valence-corrected chi connectivity index (χ0v) is 20.9. The molecule has 33 heavy (non-hydrogen) atoms. The molecule has 0 aliphatic rings. The first-order valence-corrected chi connectivity index (χ1v) is 12.2. The normalized spacial score (nSPS) is 12.3. The van der Waals surface area contributed by atoms with Crippen LogP contribution in [0.4, 0.5) is 5.69 Å². The molecule has 0 radical (unpaired) electrons. The van der Waals surface area contributed by atoms with E-state index in [1.54, 1.807) is 25.1 Å². The summed E-state index contributed by atoms with van der Waals surface area (Å²) in [5.74, 6) is -0.431. The highest BCUT2D eigenvalue weighted by Crippen LogP contribution is 2.23. The summed E-state index contributed by atoms with van der Waals surface area (Å²) in [6.07, 6.45) is -0.552. The maximum atomic E-state index is 12.5. The summed E-state index contributed by atoms with van der Waals surface area (Å²) >= 11 is 5.98. The van der Waals surface area contributed by atoms with Crippen LogP contribution in [0.3, 0.4) is 0 Å². The lowest BCUT2D eigenvalue weighted by Gasteiger charge is -2.17. The van der Waals surface area contributed by atoms with E-state index in [-0.39, 0.29) is 11.3 Å². The Labute approximate surface area is 199 Å². The van der Waals surface area contributed by atoms with Crippen molar-refractivity contribution < 1.29 is 27.5 Å². The van der Waals surface area contributed by atoms with Crippen molar-refractivity contribution in [1.29, 1.82) is 0 Å². The number of halogens is 1. The number of anilines is 1. The molecular weight excluding hydrogens is 468 g/mol. The lowest BCUT2D eigenvalue weighted by Crippen LogP contribution is -2.30. The van der Waals surface area contributed by atoms with E-state index in [4.69, 9.17) is 21.1 Å². The third kappa shape index (κ3) is 7.45. The summed E-state index contributed by atoms with van der Waals surface area (Å²) in [5.41, 5.74) is 1.90. The number of ether oxygens (including phenoxy) is 2. The molecule has 1 atom stereocenters. The summed E-state index contributed by atoms with van der Waals surface area (Å²) in [6.45, 7) is 5.37. The molecular formula is C23H29ClN2O6S. The van der Waals surface area contributed by atoms with Crippen molar-refractivity contribution >= 4 is 39.2 Å². The maximum absolute atomic E-state index is 12.5. The van der Waals surface area contributed by atoms with Crippen molar-refractivity contribution in [3.63, 3.8) is 0 Å². The summed E-state index contributed by atoms with van der Waals surface area (Å²) < 4.78 is 36.6. The summed E-state index contributed by atoms with van der Waals surface area (Å²) in [5, 5.41) is 3.28. The third-order valence-corrected chi connectivity index (χ3v) is 7.08. The number of nitrogens with one attached hydrogen (secondary N) is 1. The van der Waals surface area contributed by atoms with Gasteiger partial charge in [0.05, 0.1) is 11.5 Å². The van der Waals surface area contributed by atoms with E-state index < -0.39 is 28.0 Å². The molecule has 0 aliphatic carbocycles. The van der Waals surface area contributed by atoms with E-state index in [2.05, 4.69) is 5.32 Å². The first-order chi connectivity index (χ1) is 15.4. The maximum Gasteiger partial charge on any atom is 0.306 e. The average Bonchev–Trinajstić information content (AvgIpc) is 2.74. The molecule has 2 aromatic rings. The number of amides is 1. The summed E-state index contributed by atoms with van der Waals surface area (Å²) in [6, 6.07) is 9.76. The van der Waals surface area contributed by atoms with Crippen LogP contribution in [0.25, 0.3) is 0 Å². The Hall–Kier alpha value is -2.62. The molecule has 0 saturated carbocycles. The fourth-order valence-electron chi connectivity index (χ4n) is 2.76. The summed E-state index contributed by atoms with van der Waals surface area (Å²) in [4.78, 5) is 24.6. The second-order valence-corrected chi connectivity index (χ2v) is 10.3. The highest BCUT2D eigenvalue weighted by atomic mass is 35.5.